The van der Waals surface area contributed by atoms with E-state index in [2.05, 4.69) is 15.6 Å². The predicted octanol–water partition coefficient (Wildman–Crippen LogP) is 1.50. The molecule has 1 atom stereocenters. The van der Waals surface area contributed by atoms with Crippen LogP contribution in [0.15, 0.2) is 29.6 Å². The Morgan fingerprint density at radius 1 is 1.34 bits per heavy atom. The number of hydrogen-bond donors (Lipinski definition) is 2. The lowest BCUT2D eigenvalue weighted by Crippen LogP contribution is -2.55. The highest BCUT2D eigenvalue weighted by Gasteiger charge is 2.32. The average molecular weight is 417 g/mol. The molecular formula is C20H24N4O4S. The molecule has 0 bridgehead atoms. The first-order valence-electron chi connectivity index (χ1n) is 9.33. The summed E-state index contributed by atoms with van der Waals surface area (Å²) in [4.78, 5) is 42.5. The van der Waals surface area contributed by atoms with Crippen molar-refractivity contribution in [3.63, 3.8) is 0 Å². The molecule has 2 N–H and O–H groups in total. The van der Waals surface area contributed by atoms with Gasteiger partial charge in [-0.3, -0.25) is 19.3 Å². The van der Waals surface area contributed by atoms with E-state index in [1.165, 1.54) is 18.4 Å². The van der Waals surface area contributed by atoms with Gasteiger partial charge in [-0.2, -0.15) is 0 Å². The second kappa shape index (κ2) is 9.62. The minimum Gasteiger partial charge on any atom is -0.469 e. The van der Waals surface area contributed by atoms with E-state index in [-0.39, 0.29) is 24.7 Å². The van der Waals surface area contributed by atoms with Crippen LogP contribution in [0, 0.1) is 6.92 Å². The number of anilines is 1. The van der Waals surface area contributed by atoms with E-state index in [1.807, 2.05) is 41.5 Å². The number of aryl methyl sites for hydroxylation is 1. The summed E-state index contributed by atoms with van der Waals surface area (Å²) in [6, 6.07) is 7.03. The van der Waals surface area contributed by atoms with Crippen molar-refractivity contribution in [3.8, 4) is 0 Å². The molecule has 2 amide bonds. The van der Waals surface area contributed by atoms with Crippen molar-refractivity contribution >= 4 is 34.8 Å². The zero-order chi connectivity index (χ0) is 20.8. The summed E-state index contributed by atoms with van der Waals surface area (Å²) in [5.41, 5.74) is 2.66. The van der Waals surface area contributed by atoms with Crippen molar-refractivity contribution in [2.24, 2.45) is 0 Å². The van der Waals surface area contributed by atoms with Gasteiger partial charge >= 0.3 is 5.97 Å². The first kappa shape index (κ1) is 20.9. The molecule has 0 radical (unpaired) electrons. The highest BCUT2D eigenvalue weighted by atomic mass is 32.1. The first-order chi connectivity index (χ1) is 13.9. The zero-order valence-corrected chi connectivity index (χ0v) is 17.3. The standard InChI is InChI=1S/C20H24N4O4S/c1-13-3-5-14(6-4-13)22-17(25)10-18-23-15(12-29-18)11-24-8-7-21-20(27)16(24)9-19(26)28-2/h3-6,12,16H,7-11H2,1-2H3,(H,21,27)(H,22,25)/t16-/m0/s1. The molecular weight excluding hydrogens is 392 g/mol. The fourth-order valence-electron chi connectivity index (χ4n) is 3.10. The molecule has 1 saturated heterocycles. The third-order valence-corrected chi connectivity index (χ3v) is 5.54. The molecule has 1 aliphatic heterocycles. The Balaban J connectivity index is 1.58. The maximum atomic E-state index is 12.3. The number of benzene rings is 1. The number of nitrogens with zero attached hydrogens (tertiary/aromatic N) is 2. The van der Waals surface area contributed by atoms with Gasteiger partial charge in [0.2, 0.25) is 11.8 Å². The van der Waals surface area contributed by atoms with Crippen LogP contribution >= 0.6 is 11.3 Å². The lowest BCUT2D eigenvalue weighted by atomic mass is 10.1. The van der Waals surface area contributed by atoms with Gasteiger partial charge < -0.3 is 15.4 Å². The zero-order valence-electron chi connectivity index (χ0n) is 16.4. The van der Waals surface area contributed by atoms with Gasteiger partial charge in [0.15, 0.2) is 0 Å². The summed E-state index contributed by atoms with van der Waals surface area (Å²) in [6.07, 6.45) is 0.183. The van der Waals surface area contributed by atoms with Gasteiger partial charge in [-0.05, 0) is 19.1 Å². The van der Waals surface area contributed by atoms with Crippen molar-refractivity contribution in [1.29, 1.82) is 0 Å². The Hall–Kier alpha value is -2.78. The largest absolute Gasteiger partial charge is 0.469 e. The molecule has 154 valence electrons. The molecule has 0 spiro atoms. The van der Waals surface area contributed by atoms with E-state index in [9.17, 15) is 14.4 Å². The van der Waals surface area contributed by atoms with Gasteiger partial charge in [-0.1, -0.05) is 17.7 Å². The van der Waals surface area contributed by atoms with Gasteiger partial charge in [-0.15, -0.1) is 11.3 Å². The molecule has 0 aliphatic carbocycles. The number of rotatable bonds is 7. The van der Waals surface area contributed by atoms with Crippen molar-refractivity contribution in [2.45, 2.75) is 32.4 Å². The van der Waals surface area contributed by atoms with Crippen LogP contribution in [0.1, 0.15) is 22.7 Å². The van der Waals surface area contributed by atoms with Crippen LogP contribution in [-0.4, -0.2) is 53.9 Å². The number of esters is 1. The van der Waals surface area contributed by atoms with Crippen LogP contribution in [-0.2, 0) is 32.1 Å². The van der Waals surface area contributed by atoms with E-state index in [4.69, 9.17) is 4.74 Å². The molecule has 29 heavy (non-hydrogen) atoms. The summed E-state index contributed by atoms with van der Waals surface area (Å²) < 4.78 is 4.70. The quantitative estimate of drug-likeness (QED) is 0.664. The molecule has 2 heterocycles. The third-order valence-electron chi connectivity index (χ3n) is 4.64. The summed E-state index contributed by atoms with van der Waals surface area (Å²) in [5, 5.41) is 8.23. The summed E-state index contributed by atoms with van der Waals surface area (Å²) in [5.74, 6) is -0.742. The van der Waals surface area contributed by atoms with Crippen molar-refractivity contribution in [3.05, 3.63) is 45.9 Å². The Morgan fingerprint density at radius 3 is 2.83 bits per heavy atom. The number of amides is 2. The number of carbonyl (C=O) groups is 3. The maximum absolute atomic E-state index is 12.3. The molecule has 1 aromatic carbocycles. The normalized spacial score (nSPS) is 16.9. The third kappa shape index (κ3) is 5.85. The Labute approximate surface area is 173 Å². The second-order valence-corrected chi connectivity index (χ2v) is 7.82. The van der Waals surface area contributed by atoms with Gasteiger partial charge in [0.25, 0.3) is 0 Å². The highest BCUT2D eigenvalue weighted by molar-refractivity contribution is 7.09. The molecule has 8 nitrogen and oxygen atoms in total. The maximum Gasteiger partial charge on any atom is 0.307 e. The number of thiazole rings is 1. The van der Waals surface area contributed by atoms with Crippen LogP contribution in [0.3, 0.4) is 0 Å². The number of carbonyl (C=O) groups excluding carboxylic acids is 3. The molecule has 2 aromatic rings. The Morgan fingerprint density at radius 2 is 2.10 bits per heavy atom. The lowest BCUT2D eigenvalue weighted by Gasteiger charge is -2.33. The molecule has 9 heteroatoms. The number of hydrogen-bond acceptors (Lipinski definition) is 7. The number of aromatic nitrogens is 1. The van der Waals surface area contributed by atoms with Crippen LogP contribution in [0.25, 0.3) is 0 Å². The predicted molar refractivity (Wildman–Crippen MR) is 109 cm³/mol. The van der Waals surface area contributed by atoms with E-state index in [0.29, 0.717) is 24.6 Å². The molecule has 0 saturated carbocycles. The minimum atomic E-state index is -0.578. The molecule has 3 rings (SSSR count). The van der Waals surface area contributed by atoms with Crippen molar-refractivity contribution in [2.75, 3.05) is 25.5 Å². The van der Waals surface area contributed by atoms with Crippen LogP contribution < -0.4 is 10.6 Å². The monoisotopic (exact) mass is 416 g/mol. The number of methoxy groups -OCH3 is 1. The van der Waals surface area contributed by atoms with Gasteiger partial charge in [0.05, 0.1) is 25.6 Å². The minimum absolute atomic E-state index is 0.00170. The van der Waals surface area contributed by atoms with E-state index >= 15 is 0 Å². The topological polar surface area (TPSA) is 101 Å². The molecule has 1 aliphatic rings. The van der Waals surface area contributed by atoms with E-state index in [1.54, 1.807) is 0 Å². The first-order valence-corrected chi connectivity index (χ1v) is 10.2. The Bertz CT molecular complexity index is 881. The summed E-state index contributed by atoms with van der Waals surface area (Å²) in [7, 11) is 1.31. The van der Waals surface area contributed by atoms with E-state index in [0.717, 1.165) is 16.9 Å². The fourth-order valence-corrected chi connectivity index (χ4v) is 3.89. The summed E-state index contributed by atoms with van der Waals surface area (Å²) >= 11 is 1.41. The van der Waals surface area contributed by atoms with Crippen LogP contribution in [0.5, 0.6) is 0 Å². The van der Waals surface area contributed by atoms with Crippen LogP contribution in [0.4, 0.5) is 5.69 Å². The molecule has 1 aromatic heterocycles. The Kier molecular flexibility index (Phi) is 6.95. The SMILES string of the molecule is COC(=O)C[C@H]1C(=O)NCCN1Cc1csc(CC(=O)Nc2ccc(C)cc2)n1. The number of ether oxygens (including phenoxy) is 1. The number of piperazine rings is 1. The van der Waals surface area contributed by atoms with Gasteiger partial charge in [-0.25, -0.2) is 4.98 Å². The lowest BCUT2D eigenvalue weighted by molar-refractivity contribution is -0.146. The van der Waals surface area contributed by atoms with Crippen LogP contribution in [0.2, 0.25) is 0 Å². The second-order valence-electron chi connectivity index (χ2n) is 6.88. The van der Waals surface area contributed by atoms with Gasteiger partial charge in [0.1, 0.15) is 11.0 Å². The molecule has 0 unspecified atom stereocenters. The van der Waals surface area contributed by atoms with Gasteiger partial charge in [0, 0.05) is 30.7 Å². The number of nitrogens with one attached hydrogen (secondary N) is 2. The smallest absolute Gasteiger partial charge is 0.307 e. The van der Waals surface area contributed by atoms with Crippen molar-refractivity contribution in [1.82, 2.24) is 15.2 Å². The van der Waals surface area contributed by atoms with E-state index < -0.39 is 12.0 Å². The molecule has 1 fully saturated rings. The van der Waals surface area contributed by atoms with Crippen molar-refractivity contribution < 1.29 is 19.1 Å². The summed E-state index contributed by atoms with van der Waals surface area (Å²) in [6.45, 7) is 3.57. The highest BCUT2D eigenvalue weighted by Crippen LogP contribution is 2.18. The fraction of sp³-hybridized carbons (Fsp3) is 0.400. The average Bonchev–Trinajstić information content (AvgIpc) is 3.12.